The molecule has 0 unspecified atom stereocenters. The molecule has 0 rings (SSSR count). The van der Waals surface area contributed by atoms with Crippen LogP contribution in [0, 0.1) is 0 Å². The Hall–Kier alpha value is 0.210. The number of halogens is 1. The summed E-state index contributed by atoms with van der Waals surface area (Å²) in [7, 11) is 1.75. The van der Waals surface area contributed by atoms with Gasteiger partial charge in [-0.15, -0.1) is 11.6 Å². The van der Waals surface area contributed by atoms with Crippen LogP contribution in [0.5, 0.6) is 0 Å². The van der Waals surface area contributed by atoms with Crippen LogP contribution in [0.15, 0.2) is 0 Å². The number of alkyl halides is 1. The van der Waals surface area contributed by atoms with E-state index in [1.54, 1.807) is 7.11 Å². The van der Waals surface area contributed by atoms with E-state index < -0.39 is 0 Å². The van der Waals surface area contributed by atoms with E-state index in [9.17, 15) is 0 Å². The molecule has 0 spiro atoms. The highest BCUT2D eigenvalue weighted by Gasteiger charge is 2.13. The van der Waals surface area contributed by atoms with Crippen LogP contribution in [0.1, 0.15) is 33.1 Å². The molecule has 0 aliphatic heterocycles. The molecule has 0 heterocycles. The lowest BCUT2D eigenvalue weighted by Crippen LogP contribution is -2.37. The number of hydrogen-bond donors (Lipinski definition) is 0. The summed E-state index contributed by atoms with van der Waals surface area (Å²) in [6.07, 6.45) is 3.52. The van der Waals surface area contributed by atoms with E-state index in [1.807, 2.05) is 0 Å². The molecule has 0 aromatic carbocycles. The molecule has 0 N–H and O–H groups in total. The summed E-state index contributed by atoms with van der Waals surface area (Å²) < 4.78 is 5.06. The molecular weight excluding hydrogens is 198 g/mol. The molecule has 14 heavy (non-hydrogen) atoms. The molecule has 0 amide bonds. The van der Waals surface area contributed by atoms with Crippen molar-refractivity contribution < 1.29 is 4.74 Å². The molecule has 0 aromatic heterocycles. The summed E-state index contributed by atoms with van der Waals surface area (Å²) in [6, 6.07) is 0.686. The van der Waals surface area contributed by atoms with Crippen LogP contribution in [0.2, 0.25) is 0 Å². The first-order valence-electron chi connectivity index (χ1n) is 5.59. The van der Waals surface area contributed by atoms with Crippen molar-refractivity contribution in [3.8, 4) is 0 Å². The molecule has 86 valence electrons. The molecule has 0 aliphatic rings. The van der Waals surface area contributed by atoms with Gasteiger partial charge in [0.1, 0.15) is 0 Å². The standard InChI is InChI=1S/C11H24ClNO/c1-4-11(5-2)13(9-7-12)8-6-10-14-3/h11H,4-10H2,1-3H3. The third-order valence-electron chi connectivity index (χ3n) is 2.62. The van der Waals surface area contributed by atoms with Crippen LogP contribution in [0.25, 0.3) is 0 Å². The van der Waals surface area contributed by atoms with Crippen LogP contribution in [-0.4, -0.2) is 43.6 Å². The zero-order valence-electron chi connectivity index (χ0n) is 9.76. The van der Waals surface area contributed by atoms with E-state index in [0.717, 1.165) is 32.0 Å². The van der Waals surface area contributed by atoms with Crippen LogP contribution in [0.3, 0.4) is 0 Å². The summed E-state index contributed by atoms with van der Waals surface area (Å²) in [5.41, 5.74) is 0. The van der Waals surface area contributed by atoms with Gasteiger partial charge in [0.25, 0.3) is 0 Å². The first-order valence-corrected chi connectivity index (χ1v) is 6.12. The normalized spacial score (nSPS) is 11.6. The van der Waals surface area contributed by atoms with Crippen molar-refractivity contribution in [1.29, 1.82) is 0 Å². The topological polar surface area (TPSA) is 12.5 Å². The lowest BCUT2D eigenvalue weighted by atomic mass is 10.1. The fourth-order valence-electron chi connectivity index (χ4n) is 1.80. The average Bonchev–Trinajstić information content (AvgIpc) is 2.20. The average molecular weight is 222 g/mol. The zero-order valence-corrected chi connectivity index (χ0v) is 10.5. The van der Waals surface area contributed by atoms with E-state index in [2.05, 4.69) is 18.7 Å². The van der Waals surface area contributed by atoms with Gasteiger partial charge in [0.05, 0.1) is 0 Å². The molecule has 0 saturated carbocycles. The van der Waals surface area contributed by atoms with E-state index in [0.29, 0.717) is 6.04 Å². The third-order valence-corrected chi connectivity index (χ3v) is 2.79. The Morgan fingerprint density at radius 3 is 2.29 bits per heavy atom. The summed E-state index contributed by atoms with van der Waals surface area (Å²) in [6.45, 7) is 7.43. The van der Waals surface area contributed by atoms with Crippen molar-refractivity contribution in [3.63, 3.8) is 0 Å². The van der Waals surface area contributed by atoms with Crippen molar-refractivity contribution in [3.05, 3.63) is 0 Å². The smallest absolute Gasteiger partial charge is 0.0474 e. The second-order valence-corrected chi connectivity index (χ2v) is 3.92. The van der Waals surface area contributed by atoms with E-state index >= 15 is 0 Å². The van der Waals surface area contributed by atoms with Gasteiger partial charge in [-0.05, 0) is 19.3 Å². The first kappa shape index (κ1) is 14.2. The van der Waals surface area contributed by atoms with Crippen LogP contribution >= 0.6 is 11.6 Å². The number of nitrogens with zero attached hydrogens (tertiary/aromatic N) is 1. The van der Waals surface area contributed by atoms with Crippen LogP contribution in [-0.2, 0) is 4.74 Å². The van der Waals surface area contributed by atoms with E-state index in [-0.39, 0.29) is 0 Å². The number of ether oxygens (including phenoxy) is 1. The fraction of sp³-hybridized carbons (Fsp3) is 1.00. The largest absolute Gasteiger partial charge is 0.385 e. The highest BCUT2D eigenvalue weighted by Crippen LogP contribution is 2.09. The maximum atomic E-state index is 5.79. The van der Waals surface area contributed by atoms with Gasteiger partial charge >= 0.3 is 0 Å². The van der Waals surface area contributed by atoms with Crippen molar-refractivity contribution >= 4 is 11.6 Å². The maximum absolute atomic E-state index is 5.79. The molecular formula is C11H24ClNO. The van der Waals surface area contributed by atoms with Crippen molar-refractivity contribution in [2.45, 2.75) is 39.2 Å². The van der Waals surface area contributed by atoms with Crippen molar-refractivity contribution in [2.24, 2.45) is 0 Å². The molecule has 0 atom stereocenters. The maximum Gasteiger partial charge on any atom is 0.0474 e. The minimum absolute atomic E-state index is 0.686. The molecule has 0 aromatic rings. The van der Waals surface area contributed by atoms with Crippen molar-refractivity contribution in [1.82, 2.24) is 4.90 Å². The number of hydrogen-bond acceptors (Lipinski definition) is 2. The predicted octanol–water partition coefficient (Wildman–Crippen LogP) is 2.75. The Morgan fingerprint density at radius 1 is 1.21 bits per heavy atom. The summed E-state index contributed by atoms with van der Waals surface area (Å²) >= 11 is 5.79. The monoisotopic (exact) mass is 221 g/mol. The summed E-state index contributed by atoms with van der Waals surface area (Å²) in [5.74, 6) is 0.726. The van der Waals surface area contributed by atoms with Gasteiger partial charge in [-0.25, -0.2) is 0 Å². The Balaban J connectivity index is 3.85. The molecule has 0 aliphatic carbocycles. The zero-order chi connectivity index (χ0) is 10.8. The van der Waals surface area contributed by atoms with Gasteiger partial charge in [-0.3, -0.25) is 4.90 Å². The molecule has 0 fully saturated rings. The molecule has 2 nitrogen and oxygen atoms in total. The Bertz CT molecular complexity index is 118. The van der Waals surface area contributed by atoms with Gasteiger partial charge in [0, 0.05) is 38.7 Å². The molecule has 0 saturated heterocycles. The van der Waals surface area contributed by atoms with Crippen molar-refractivity contribution in [2.75, 3.05) is 32.7 Å². The van der Waals surface area contributed by atoms with Crippen LogP contribution in [0.4, 0.5) is 0 Å². The van der Waals surface area contributed by atoms with E-state index in [1.165, 1.54) is 12.8 Å². The highest BCUT2D eigenvalue weighted by molar-refractivity contribution is 6.18. The van der Waals surface area contributed by atoms with Crippen LogP contribution < -0.4 is 0 Å². The minimum atomic E-state index is 0.686. The fourth-order valence-corrected chi connectivity index (χ4v) is 2.02. The van der Waals surface area contributed by atoms with Gasteiger partial charge in [-0.2, -0.15) is 0 Å². The lowest BCUT2D eigenvalue weighted by Gasteiger charge is -2.29. The predicted molar refractivity (Wildman–Crippen MR) is 63.2 cm³/mol. The van der Waals surface area contributed by atoms with Gasteiger partial charge < -0.3 is 4.74 Å². The van der Waals surface area contributed by atoms with Gasteiger partial charge in [0.2, 0.25) is 0 Å². The number of rotatable bonds is 9. The minimum Gasteiger partial charge on any atom is -0.385 e. The third kappa shape index (κ3) is 5.84. The lowest BCUT2D eigenvalue weighted by molar-refractivity contribution is 0.149. The highest BCUT2D eigenvalue weighted by atomic mass is 35.5. The summed E-state index contributed by atoms with van der Waals surface area (Å²) in [4.78, 5) is 2.48. The molecule has 0 bridgehead atoms. The van der Waals surface area contributed by atoms with Gasteiger partial charge in [-0.1, -0.05) is 13.8 Å². The molecule has 3 heteroatoms. The molecule has 0 radical (unpaired) electrons. The summed E-state index contributed by atoms with van der Waals surface area (Å²) in [5, 5.41) is 0. The van der Waals surface area contributed by atoms with Gasteiger partial charge in [0.15, 0.2) is 0 Å². The number of methoxy groups -OCH3 is 1. The van der Waals surface area contributed by atoms with E-state index in [4.69, 9.17) is 16.3 Å². The Morgan fingerprint density at radius 2 is 1.86 bits per heavy atom. The Kier molecular flexibility index (Phi) is 9.90. The second kappa shape index (κ2) is 9.75. The Labute approximate surface area is 93.6 Å². The quantitative estimate of drug-likeness (QED) is 0.439. The first-order chi connectivity index (χ1) is 6.79. The second-order valence-electron chi connectivity index (χ2n) is 3.54. The SMILES string of the molecule is CCC(CC)N(CCCl)CCCOC.